The number of hydrogen-bond acceptors (Lipinski definition) is 3. The second-order valence-electron chi connectivity index (χ2n) is 1.43. The zero-order valence-corrected chi connectivity index (χ0v) is 5.99. The van der Waals surface area contributed by atoms with Crippen LogP contribution in [0.25, 0.3) is 0 Å². The predicted octanol–water partition coefficient (Wildman–Crippen LogP) is 2.21. The van der Waals surface area contributed by atoms with Crippen molar-refractivity contribution in [3.8, 4) is 0 Å². The van der Waals surface area contributed by atoms with E-state index in [0.29, 0.717) is 4.34 Å². The molecule has 1 heterocycles. The third-order valence-corrected chi connectivity index (χ3v) is 1.90. The summed E-state index contributed by atoms with van der Waals surface area (Å²) in [5, 5.41) is 12.7. The molecular formula is C5H4ClNOS. The van der Waals surface area contributed by atoms with E-state index in [2.05, 4.69) is 5.16 Å². The minimum Gasteiger partial charge on any atom is -0.411 e. The van der Waals surface area contributed by atoms with Crippen LogP contribution in [0.1, 0.15) is 5.56 Å². The number of oxime groups is 1. The number of hydrogen-bond donors (Lipinski definition) is 1. The van der Waals surface area contributed by atoms with Crippen LogP contribution in [-0.4, -0.2) is 11.4 Å². The van der Waals surface area contributed by atoms with E-state index in [1.165, 1.54) is 17.6 Å². The summed E-state index contributed by atoms with van der Waals surface area (Å²) in [6, 6.07) is 1.73. The van der Waals surface area contributed by atoms with Crippen LogP contribution in [0.15, 0.2) is 16.6 Å². The number of thiophene rings is 1. The molecule has 0 fully saturated rings. The minimum atomic E-state index is 0.699. The highest BCUT2D eigenvalue weighted by atomic mass is 35.5. The van der Waals surface area contributed by atoms with Gasteiger partial charge in [0.05, 0.1) is 10.6 Å². The molecule has 1 rings (SSSR count). The largest absolute Gasteiger partial charge is 0.411 e. The molecule has 1 N–H and O–H groups in total. The molecule has 1 aromatic rings. The Morgan fingerprint density at radius 1 is 1.78 bits per heavy atom. The summed E-state index contributed by atoms with van der Waals surface area (Å²) in [6.07, 6.45) is 1.34. The van der Waals surface area contributed by atoms with Crippen LogP contribution in [0, 0.1) is 0 Å². The van der Waals surface area contributed by atoms with Crippen LogP contribution in [0.5, 0.6) is 0 Å². The quantitative estimate of drug-likeness (QED) is 0.382. The molecule has 0 saturated carbocycles. The van der Waals surface area contributed by atoms with Gasteiger partial charge in [-0.25, -0.2) is 0 Å². The maximum absolute atomic E-state index is 8.06. The Balaban J connectivity index is 2.85. The Labute approximate surface area is 61.4 Å². The van der Waals surface area contributed by atoms with Crippen LogP contribution in [0.4, 0.5) is 0 Å². The lowest BCUT2D eigenvalue weighted by Crippen LogP contribution is -1.70. The van der Waals surface area contributed by atoms with Gasteiger partial charge < -0.3 is 5.21 Å². The first kappa shape index (κ1) is 6.58. The van der Waals surface area contributed by atoms with Crippen molar-refractivity contribution in [1.82, 2.24) is 0 Å². The highest BCUT2D eigenvalue weighted by Gasteiger charge is 1.91. The van der Waals surface area contributed by atoms with Gasteiger partial charge in [-0.15, -0.1) is 11.3 Å². The fourth-order valence-corrected chi connectivity index (χ4v) is 1.30. The van der Waals surface area contributed by atoms with Crippen molar-refractivity contribution in [3.63, 3.8) is 0 Å². The average molecular weight is 162 g/mol. The van der Waals surface area contributed by atoms with Crippen molar-refractivity contribution in [2.24, 2.45) is 5.16 Å². The van der Waals surface area contributed by atoms with Crippen molar-refractivity contribution < 1.29 is 5.21 Å². The van der Waals surface area contributed by atoms with Gasteiger partial charge in [0.25, 0.3) is 0 Å². The second kappa shape index (κ2) is 2.85. The van der Waals surface area contributed by atoms with Crippen molar-refractivity contribution >= 4 is 29.2 Å². The van der Waals surface area contributed by atoms with E-state index in [1.807, 2.05) is 5.38 Å². The molecule has 4 heteroatoms. The molecule has 48 valence electrons. The summed E-state index contributed by atoms with van der Waals surface area (Å²) in [6.45, 7) is 0. The highest BCUT2D eigenvalue weighted by Crippen LogP contribution is 2.18. The molecular weight excluding hydrogens is 158 g/mol. The average Bonchev–Trinajstić information content (AvgIpc) is 2.17. The Kier molecular flexibility index (Phi) is 2.08. The van der Waals surface area contributed by atoms with Crippen molar-refractivity contribution in [2.75, 3.05) is 0 Å². The summed E-state index contributed by atoms with van der Waals surface area (Å²) < 4.78 is 0.699. The van der Waals surface area contributed by atoms with Crippen molar-refractivity contribution in [2.45, 2.75) is 0 Å². The maximum atomic E-state index is 8.06. The van der Waals surface area contributed by atoms with Crippen LogP contribution in [0.3, 0.4) is 0 Å². The summed E-state index contributed by atoms with van der Waals surface area (Å²) in [5.74, 6) is 0. The first-order valence-corrected chi connectivity index (χ1v) is 3.50. The third-order valence-electron chi connectivity index (χ3n) is 0.795. The number of rotatable bonds is 1. The van der Waals surface area contributed by atoms with Crippen LogP contribution in [-0.2, 0) is 0 Å². The molecule has 0 unspecified atom stereocenters. The molecule has 0 aliphatic rings. The molecule has 0 saturated heterocycles. The minimum absolute atomic E-state index is 0.699. The zero-order chi connectivity index (χ0) is 6.69. The first-order valence-electron chi connectivity index (χ1n) is 2.24. The molecule has 0 aromatic carbocycles. The van der Waals surface area contributed by atoms with Gasteiger partial charge in [-0.05, 0) is 6.07 Å². The Hall–Kier alpha value is -0.540. The van der Waals surface area contributed by atoms with Gasteiger partial charge in [-0.2, -0.15) is 0 Å². The topological polar surface area (TPSA) is 32.6 Å². The number of halogens is 1. The van der Waals surface area contributed by atoms with Crippen LogP contribution in [0.2, 0.25) is 4.34 Å². The molecule has 0 amide bonds. The summed E-state index contributed by atoms with van der Waals surface area (Å²) in [4.78, 5) is 0. The van der Waals surface area contributed by atoms with Gasteiger partial charge in [-0.3, -0.25) is 0 Å². The Morgan fingerprint density at radius 3 is 3.00 bits per heavy atom. The fraction of sp³-hybridized carbons (Fsp3) is 0. The molecule has 0 spiro atoms. The van der Waals surface area contributed by atoms with Crippen LogP contribution >= 0.6 is 22.9 Å². The lowest BCUT2D eigenvalue weighted by atomic mass is 10.4. The molecule has 0 radical (unpaired) electrons. The van der Waals surface area contributed by atoms with E-state index in [1.54, 1.807) is 6.07 Å². The Morgan fingerprint density at radius 2 is 2.56 bits per heavy atom. The second-order valence-corrected chi connectivity index (χ2v) is 2.97. The fourth-order valence-electron chi connectivity index (χ4n) is 0.458. The molecule has 0 aliphatic carbocycles. The van der Waals surface area contributed by atoms with E-state index in [0.717, 1.165) is 5.56 Å². The Bertz CT molecular complexity index is 220. The van der Waals surface area contributed by atoms with Crippen molar-refractivity contribution in [3.05, 3.63) is 21.3 Å². The molecule has 0 atom stereocenters. The molecule has 0 aliphatic heterocycles. The standard InChI is InChI=1S/C5H4ClNOS/c6-5-1-4(2-7-8)3-9-5/h1-3,8H. The van der Waals surface area contributed by atoms with E-state index in [-0.39, 0.29) is 0 Å². The first-order chi connectivity index (χ1) is 4.33. The maximum Gasteiger partial charge on any atom is 0.0935 e. The van der Waals surface area contributed by atoms with Gasteiger partial charge >= 0.3 is 0 Å². The molecule has 9 heavy (non-hydrogen) atoms. The van der Waals surface area contributed by atoms with E-state index < -0.39 is 0 Å². The van der Waals surface area contributed by atoms with Gasteiger partial charge in [-0.1, -0.05) is 16.8 Å². The van der Waals surface area contributed by atoms with E-state index >= 15 is 0 Å². The number of nitrogens with zero attached hydrogens (tertiary/aromatic N) is 1. The SMILES string of the molecule is ON=Cc1csc(Cl)c1. The third kappa shape index (κ3) is 1.69. The molecule has 0 bridgehead atoms. The summed E-state index contributed by atoms with van der Waals surface area (Å²) in [7, 11) is 0. The van der Waals surface area contributed by atoms with E-state index in [4.69, 9.17) is 16.8 Å². The van der Waals surface area contributed by atoms with Gasteiger partial charge in [0.1, 0.15) is 0 Å². The van der Waals surface area contributed by atoms with Gasteiger partial charge in [0.2, 0.25) is 0 Å². The predicted molar refractivity (Wildman–Crippen MR) is 38.7 cm³/mol. The summed E-state index contributed by atoms with van der Waals surface area (Å²) in [5.41, 5.74) is 0.826. The van der Waals surface area contributed by atoms with Crippen LogP contribution < -0.4 is 0 Å². The van der Waals surface area contributed by atoms with Crippen molar-refractivity contribution in [1.29, 1.82) is 0 Å². The molecule has 2 nitrogen and oxygen atoms in total. The zero-order valence-electron chi connectivity index (χ0n) is 4.41. The lowest BCUT2D eigenvalue weighted by molar-refractivity contribution is 0.322. The molecule has 1 aromatic heterocycles. The highest BCUT2D eigenvalue weighted by molar-refractivity contribution is 7.14. The van der Waals surface area contributed by atoms with Gasteiger partial charge in [0.15, 0.2) is 0 Å². The normalized spacial score (nSPS) is 10.8. The monoisotopic (exact) mass is 161 g/mol. The van der Waals surface area contributed by atoms with Gasteiger partial charge in [0, 0.05) is 10.9 Å². The lowest BCUT2D eigenvalue weighted by Gasteiger charge is -1.74. The van der Waals surface area contributed by atoms with E-state index in [9.17, 15) is 0 Å². The summed E-state index contributed by atoms with van der Waals surface area (Å²) >= 11 is 6.98. The smallest absolute Gasteiger partial charge is 0.0935 e.